The van der Waals surface area contributed by atoms with Crippen LogP contribution in [0.2, 0.25) is 0 Å². The average molecular weight is 345 g/mol. The Morgan fingerprint density at radius 3 is 2.75 bits per heavy atom. The Kier molecular flexibility index (Phi) is 5.96. The van der Waals surface area contributed by atoms with Crippen LogP contribution in [-0.4, -0.2) is 37.2 Å². The summed E-state index contributed by atoms with van der Waals surface area (Å²) in [5.74, 6) is -0.185. The standard InChI is InChI=1S/C15H22BrFN2O/c1-2-20-12-5-7-19(8-6-12)15(10-18)13-9-11(16)3-4-14(13)17/h3-4,9,12,15H,2,5-8,10,18H2,1H3. The second-order valence-corrected chi connectivity index (χ2v) is 6.02. The molecule has 5 heteroatoms. The predicted molar refractivity (Wildman–Crippen MR) is 82.1 cm³/mol. The molecule has 1 heterocycles. The van der Waals surface area contributed by atoms with Gasteiger partial charge >= 0.3 is 0 Å². The van der Waals surface area contributed by atoms with E-state index in [0.717, 1.165) is 37.0 Å². The van der Waals surface area contributed by atoms with E-state index in [-0.39, 0.29) is 11.9 Å². The normalized spacial score (nSPS) is 19.2. The number of hydrogen-bond acceptors (Lipinski definition) is 3. The van der Waals surface area contributed by atoms with Gasteiger partial charge in [0.1, 0.15) is 5.82 Å². The van der Waals surface area contributed by atoms with E-state index in [0.29, 0.717) is 18.2 Å². The third-order valence-electron chi connectivity index (χ3n) is 3.86. The van der Waals surface area contributed by atoms with Gasteiger partial charge in [-0.05, 0) is 38.0 Å². The van der Waals surface area contributed by atoms with E-state index < -0.39 is 0 Å². The second kappa shape index (κ2) is 7.50. The molecular formula is C15H22BrFN2O. The summed E-state index contributed by atoms with van der Waals surface area (Å²) < 4.78 is 20.6. The van der Waals surface area contributed by atoms with Gasteiger partial charge in [-0.3, -0.25) is 4.90 Å². The summed E-state index contributed by atoms with van der Waals surface area (Å²) in [4.78, 5) is 2.26. The third-order valence-corrected chi connectivity index (χ3v) is 4.35. The summed E-state index contributed by atoms with van der Waals surface area (Å²) in [6.07, 6.45) is 2.31. The SMILES string of the molecule is CCOC1CCN(C(CN)c2cc(Br)ccc2F)CC1. The Labute approximate surface area is 128 Å². The van der Waals surface area contributed by atoms with Crippen LogP contribution < -0.4 is 5.73 Å². The Bertz CT molecular complexity index is 436. The molecule has 1 aromatic rings. The van der Waals surface area contributed by atoms with Gasteiger partial charge in [0.05, 0.1) is 6.10 Å². The monoisotopic (exact) mass is 344 g/mol. The van der Waals surface area contributed by atoms with Gasteiger partial charge in [-0.1, -0.05) is 15.9 Å². The summed E-state index contributed by atoms with van der Waals surface area (Å²) in [7, 11) is 0. The van der Waals surface area contributed by atoms with Gasteiger partial charge in [0.25, 0.3) is 0 Å². The molecule has 0 aromatic heterocycles. The summed E-state index contributed by atoms with van der Waals surface area (Å²) in [5, 5.41) is 0. The van der Waals surface area contributed by atoms with Crippen LogP contribution >= 0.6 is 15.9 Å². The lowest BCUT2D eigenvalue weighted by Crippen LogP contribution is -2.42. The molecule has 112 valence electrons. The third kappa shape index (κ3) is 3.79. The number of nitrogens with two attached hydrogens (primary N) is 1. The molecule has 2 rings (SSSR count). The Morgan fingerprint density at radius 1 is 1.45 bits per heavy atom. The van der Waals surface area contributed by atoms with Crippen LogP contribution in [-0.2, 0) is 4.74 Å². The zero-order chi connectivity index (χ0) is 14.5. The van der Waals surface area contributed by atoms with Crippen molar-refractivity contribution in [3.8, 4) is 0 Å². The lowest BCUT2D eigenvalue weighted by atomic mass is 10.00. The van der Waals surface area contributed by atoms with Crippen molar-refractivity contribution in [3.63, 3.8) is 0 Å². The van der Waals surface area contributed by atoms with E-state index >= 15 is 0 Å². The van der Waals surface area contributed by atoms with Crippen LogP contribution in [0.4, 0.5) is 4.39 Å². The zero-order valence-corrected chi connectivity index (χ0v) is 13.4. The highest BCUT2D eigenvalue weighted by Gasteiger charge is 2.27. The second-order valence-electron chi connectivity index (χ2n) is 5.11. The smallest absolute Gasteiger partial charge is 0.128 e. The molecule has 3 nitrogen and oxygen atoms in total. The topological polar surface area (TPSA) is 38.5 Å². The highest BCUT2D eigenvalue weighted by molar-refractivity contribution is 9.10. The Balaban J connectivity index is 2.07. The van der Waals surface area contributed by atoms with E-state index in [1.807, 2.05) is 13.0 Å². The average Bonchev–Trinajstić information content (AvgIpc) is 2.45. The van der Waals surface area contributed by atoms with Crippen LogP contribution in [0, 0.1) is 5.82 Å². The molecule has 0 spiro atoms. The molecule has 1 aliphatic heterocycles. The number of benzene rings is 1. The van der Waals surface area contributed by atoms with E-state index in [1.54, 1.807) is 6.07 Å². The van der Waals surface area contributed by atoms with Gasteiger partial charge in [-0.15, -0.1) is 0 Å². The first-order valence-electron chi connectivity index (χ1n) is 7.16. The first-order valence-corrected chi connectivity index (χ1v) is 7.95. The first-order chi connectivity index (χ1) is 9.65. The largest absolute Gasteiger partial charge is 0.378 e. The highest BCUT2D eigenvalue weighted by Crippen LogP contribution is 2.28. The number of hydrogen-bond donors (Lipinski definition) is 1. The Morgan fingerprint density at radius 2 is 2.15 bits per heavy atom. The van der Waals surface area contributed by atoms with Gasteiger partial charge < -0.3 is 10.5 Å². The maximum Gasteiger partial charge on any atom is 0.128 e. The predicted octanol–water partition coefficient (Wildman–Crippen LogP) is 3.09. The molecule has 1 fully saturated rings. The lowest BCUT2D eigenvalue weighted by Gasteiger charge is -2.37. The highest BCUT2D eigenvalue weighted by atomic mass is 79.9. The number of piperidine rings is 1. The first kappa shape index (κ1) is 15.9. The van der Waals surface area contributed by atoms with Gasteiger partial charge in [-0.25, -0.2) is 4.39 Å². The molecule has 0 saturated carbocycles. The van der Waals surface area contributed by atoms with Crippen molar-refractivity contribution < 1.29 is 9.13 Å². The molecule has 0 amide bonds. The quantitative estimate of drug-likeness (QED) is 0.891. The van der Waals surface area contributed by atoms with Gasteiger partial charge in [-0.2, -0.15) is 0 Å². The molecule has 2 N–H and O–H groups in total. The van der Waals surface area contributed by atoms with Crippen molar-refractivity contribution >= 4 is 15.9 Å². The van der Waals surface area contributed by atoms with Crippen molar-refractivity contribution in [3.05, 3.63) is 34.1 Å². The minimum atomic E-state index is -0.185. The summed E-state index contributed by atoms with van der Waals surface area (Å²) >= 11 is 3.40. The molecular weight excluding hydrogens is 323 g/mol. The van der Waals surface area contributed by atoms with Gasteiger partial charge in [0.15, 0.2) is 0 Å². The Hall–Kier alpha value is -0.490. The van der Waals surface area contributed by atoms with E-state index in [9.17, 15) is 4.39 Å². The van der Waals surface area contributed by atoms with Gasteiger partial charge in [0.2, 0.25) is 0 Å². The van der Waals surface area contributed by atoms with Crippen molar-refractivity contribution in [2.45, 2.75) is 31.9 Å². The van der Waals surface area contributed by atoms with Crippen LogP contribution in [0.5, 0.6) is 0 Å². The molecule has 1 atom stereocenters. The maximum atomic E-state index is 14.0. The molecule has 20 heavy (non-hydrogen) atoms. The van der Waals surface area contributed by atoms with E-state index in [2.05, 4.69) is 20.8 Å². The van der Waals surface area contributed by atoms with E-state index in [4.69, 9.17) is 10.5 Å². The summed E-state index contributed by atoms with van der Waals surface area (Å²) in [6.45, 7) is 5.00. The molecule has 0 aliphatic carbocycles. The molecule has 1 aliphatic rings. The number of halogens is 2. The number of rotatable bonds is 5. The molecule has 0 radical (unpaired) electrons. The number of ether oxygens (including phenoxy) is 1. The van der Waals surface area contributed by atoms with E-state index in [1.165, 1.54) is 6.07 Å². The molecule has 0 bridgehead atoms. The lowest BCUT2D eigenvalue weighted by molar-refractivity contribution is 0.00418. The maximum absolute atomic E-state index is 14.0. The molecule has 1 saturated heterocycles. The van der Waals surface area contributed by atoms with Crippen LogP contribution in [0.3, 0.4) is 0 Å². The molecule has 1 aromatic carbocycles. The van der Waals surface area contributed by atoms with Gasteiger partial charge in [0, 0.05) is 42.3 Å². The van der Waals surface area contributed by atoms with Crippen LogP contribution in [0.1, 0.15) is 31.4 Å². The number of likely N-dealkylation sites (tertiary alicyclic amines) is 1. The minimum Gasteiger partial charge on any atom is -0.378 e. The number of nitrogens with zero attached hydrogens (tertiary/aromatic N) is 1. The van der Waals surface area contributed by atoms with Crippen molar-refractivity contribution in [2.75, 3.05) is 26.2 Å². The molecule has 1 unspecified atom stereocenters. The van der Waals surface area contributed by atoms with Crippen LogP contribution in [0.25, 0.3) is 0 Å². The fourth-order valence-corrected chi connectivity index (χ4v) is 3.21. The van der Waals surface area contributed by atoms with Crippen molar-refractivity contribution in [1.82, 2.24) is 4.90 Å². The summed E-state index contributed by atoms with van der Waals surface area (Å²) in [5.41, 5.74) is 6.57. The van der Waals surface area contributed by atoms with Crippen molar-refractivity contribution in [1.29, 1.82) is 0 Å². The fraction of sp³-hybridized carbons (Fsp3) is 0.600. The van der Waals surface area contributed by atoms with Crippen molar-refractivity contribution in [2.24, 2.45) is 5.73 Å². The van der Waals surface area contributed by atoms with Crippen LogP contribution in [0.15, 0.2) is 22.7 Å². The fourth-order valence-electron chi connectivity index (χ4n) is 2.83. The minimum absolute atomic E-state index is 0.0601. The zero-order valence-electron chi connectivity index (χ0n) is 11.8. The summed E-state index contributed by atoms with van der Waals surface area (Å²) in [6, 6.07) is 4.99.